The minimum absolute atomic E-state index is 0.0235. The molecule has 2 fully saturated rings. The number of ether oxygens (including phenoxy) is 1. The molecule has 0 radical (unpaired) electrons. The number of alkyl halides is 2. The molecule has 2 aliphatic rings. The average molecular weight is 331 g/mol. The zero-order valence-corrected chi connectivity index (χ0v) is 12.5. The van der Waals surface area contributed by atoms with Crippen molar-refractivity contribution in [1.82, 2.24) is 0 Å². The van der Waals surface area contributed by atoms with Crippen LogP contribution >= 0.6 is 11.6 Å². The highest BCUT2D eigenvalue weighted by atomic mass is 35.5. The monoisotopic (exact) mass is 330 g/mol. The number of benzene rings is 1. The summed E-state index contributed by atoms with van der Waals surface area (Å²) in [6.07, 6.45) is 3.15. The van der Waals surface area contributed by atoms with E-state index in [1.807, 2.05) is 0 Å². The second-order valence-electron chi connectivity index (χ2n) is 5.95. The molecule has 4 unspecified atom stereocenters. The summed E-state index contributed by atoms with van der Waals surface area (Å²) in [4.78, 5) is 12.4. The van der Waals surface area contributed by atoms with Crippen molar-refractivity contribution >= 4 is 23.2 Å². The molecule has 0 heterocycles. The number of hydrogen-bond acceptors (Lipinski definition) is 3. The molecule has 4 nitrogen and oxygen atoms in total. The van der Waals surface area contributed by atoms with Crippen molar-refractivity contribution in [1.29, 1.82) is 0 Å². The van der Waals surface area contributed by atoms with Crippen LogP contribution in [-0.4, -0.2) is 18.6 Å². The Morgan fingerprint density at radius 2 is 2.09 bits per heavy atom. The first-order valence-corrected chi connectivity index (χ1v) is 7.64. The van der Waals surface area contributed by atoms with E-state index in [-0.39, 0.29) is 28.6 Å². The molecule has 120 valence electrons. The van der Waals surface area contributed by atoms with Crippen LogP contribution in [0.15, 0.2) is 18.2 Å². The Morgan fingerprint density at radius 1 is 1.36 bits per heavy atom. The molecule has 22 heavy (non-hydrogen) atoms. The third-order valence-corrected chi connectivity index (χ3v) is 4.99. The molecule has 3 N–H and O–H groups in total. The van der Waals surface area contributed by atoms with E-state index >= 15 is 0 Å². The van der Waals surface area contributed by atoms with Gasteiger partial charge in [0.1, 0.15) is 5.75 Å². The van der Waals surface area contributed by atoms with Gasteiger partial charge in [-0.3, -0.25) is 4.79 Å². The zero-order chi connectivity index (χ0) is 15.9. The standard InChI is InChI=1S/C15H17ClF2N2O2/c16-10-6-9(3-4-11(10)22-15(17)18)20-14(21)12-7-1-2-8(5-7)13(12)19/h3-4,6-8,12-13,15H,1-2,5,19H2,(H,20,21). The quantitative estimate of drug-likeness (QED) is 0.890. The van der Waals surface area contributed by atoms with Gasteiger partial charge in [-0.15, -0.1) is 0 Å². The van der Waals surface area contributed by atoms with Gasteiger partial charge in [-0.1, -0.05) is 11.6 Å². The summed E-state index contributed by atoms with van der Waals surface area (Å²) in [5.41, 5.74) is 6.59. The van der Waals surface area contributed by atoms with Gasteiger partial charge in [0.2, 0.25) is 5.91 Å². The molecular formula is C15H17ClF2N2O2. The minimum Gasteiger partial charge on any atom is -0.433 e. The summed E-state index contributed by atoms with van der Waals surface area (Å²) < 4.78 is 28.6. The summed E-state index contributed by atoms with van der Waals surface area (Å²) in [6.45, 7) is -2.94. The van der Waals surface area contributed by atoms with Gasteiger partial charge in [-0.05, 0) is 49.3 Å². The third kappa shape index (κ3) is 2.90. The van der Waals surface area contributed by atoms with Crippen molar-refractivity contribution < 1.29 is 18.3 Å². The van der Waals surface area contributed by atoms with Gasteiger partial charge in [-0.2, -0.15) is 8.78 Å². The van der Waals surface area contributed by atoms with E-state index in [9.17, 15) is 13.6 Å². The number of amides is 1. The van der Waals surface area contributed by atoms with E-state index in [1.54, 1.807) is 0 Å². The molecule has 0 spiro atoms. The molecule has 0 aliphatic heterocycles. The first-order chi connectivity index (χ1) is 10.5. The van der Waals surface area contributed by atoms with Crippen LogP contribution in [0.4, 0.5) is 14.5 Å². The lowest BCUT2D eigenvalue weighted by Crippen LogP contribution is -2.42. The number of anilines is 1. The number of nitrogens with two attached hydrogens (primary N) is 1. The first-order valence-electron chi connectivity index (χ1n) is 7.26. The van der Waals surface area contributed by atoms with Gasteiger partial charge < -0.3 is 15.8 Å². The summed E-state index contributed by atoms with van der Waals surface area (Å²) in [7, 11) is 0. The molecule has 0 aromatic heterocycles. The van der Waals surface area contributed by atoms with Gasteiger partial charge in [0, 0.05) is 11.7 Å². The number of halogens is 3. The van der Waals surface area contributed by atoms with E-state index < -0.39 is 6.61 Å². The van der Waals surface area contributed by atoms with Crippen LogP contribution in [0.25, 0.3) is 0 Å². The molecular weight excluding hydrogens is 314 g/mol. The fraction of sp³-hybridized carbons (Fsp3) is 0.533. The molecule has 1 aromatic carbocycles. The van der Waals surface area contributed by atoms with Crippen molar-refractivity contribution in [3.05, 3.63) is 23.2 Å². The maximum absolute atomic E-state index is 12.4. The number of carbonyl (C=O) groups excluding carboxylic acids is 1. The molecule has 4 atom stereocenters. The molecule has 2 saturated carbocycles. The second kappa shape index (κ2) is 6.01. The Bertz CT molecular complexity index is 583. The SMILES string of the molecule is NC1C2CCC(C2)C1C(=O)Nc1ccc(OC(F)F)c(Cl)c1. The van der Waals surface area contributed by atoms with Crippen LogP contribution in [-0.2, 0) is 4.79 Å². The lowest BCUT2D eigenvalue weighted by molar-refractivity contribution is -0.121. The summed E-state index contributed by atoms with van der Waals surface area (Å²) in [5.74, 6) is 0.349. The maximum atomic E-state index is 12.4. The van der Waals surface area contributed by atoms with Gasteiger partial charge in [0.05, 0.1) is 10.9 Å². The lowest BCUT2D eigenvalue weighted by atomic mass is 9.84. The van der Waals surface area contributed by atoms with Gasteiger partial charge in [0.15, 0.2) is 0 Å². The highest BCUT2D eigenvalue weighted by molar-refractivity contribution is 6.32. The van der Waals surface area contributed by atoms with E-state index in [0.717, 1.165) is 19.3 Å². The third-order valence-electron chi connectivity index (χ3n) is 4.70. The molecule has 3 rings (SSSR count). The van der Waals surface area contributed by atoms with Gasteiger partial charge >= 0.3 is 6.61 Å². The van der Waals surface area contributed by atoms with Gasteiger partial charge in [0.25, 0.3) is 0 Å². The molecule has 0 saturated heterocycles. The summed E-state index contributed by atoms with van der Waals surface area (Å²) in [6, 6.07) is 4.09. The van der Waals surface area contributed by atoms with Crippen molar-refractivity contribution in [2.75, 3.05) is 5.32 Å². The molecule has 2 aliphatic carbocycles. The Kier molecular flexibility index (Phi) is 4.23. The van der Waals surface area contributed by atoms with Crippen molar-refractivity contribution in [3.8, 4) is 5.75 Å². The van der Waals surface area contributed by atoms with E-state index in [1.165, 1.54) is 18.2 Å². The fourth-order valence-electron chi connectivity index (χ4n) is 3.72. The predicted molar refractivity (Wildman–Crippen MR) is 79.0 cm³/mol. The lowest BCUT2D eigenvalue weighted by Gasteiger charge is -2.27. The number of hydrogen-bond donors (Lipinski definition) is 2. The molecule has 2 bridgehead atoms. The first kappa shape index (κ1) is 15.5. The second-order valence-corrected chi connectivity index (χ2v) is 6.36. The zero-order valence-electron chi connectivity index (χ0n) is 11.8. The predicted octanol–water partition coefficient (Wildman–Crippen LogP) is 3.25. The number of fused-ring (bicyclic) bond motifs is 2. The van der Waals surface area contributed by atoms with Crippen LogP contribution in [0, 0.1) is 17.8 Å². The van der Waals surface area contributed by atoms with E-state index in [2.05, 4.69) is 10.1 Å². The van der Waals surface area contributed by atoms with Crippen molar-refractivity contribution in [2.24, 2.45) is 23.5 Å². The van der Waals surface area contributed by atoms with Crippen LogP contribution in [0.2, 0.25) is 5.02 Å². The maximum Gasteiger partial charge on any atom is 0.387 e. The number of nitrogens with one attached hydrogen (secondary N) is 1. The molecule has 1 amide bonds. The number of carbonyl (C=O) groups is 1. The fourth-order valence-corrected chi connectivity index (χ4v) is 3.95. The average Bonchev–Trinajstić information content (AvgIpc) is 3.02. The van der Waals surface area contributed by atoms with Crippen LogP contribution in [0.3, 0.4) is 0 Å². The van der Waals surface area contributed by atoms with Crippen molar-refractivity contribution in [3.63, 3.8) is 0 Å². The van der Waals surface area contributed by atoms with Crippen molar-refractivity contribution in [2.45, 2.75) is 31.9 Å². The van der Waals surface area contributed by atoms with E-state index in [4.69, 9.17) is 17.3 Å². The normalized spacial score (nSPS) is 29.9. The molecule has 1 aromatic rings. The molecule has 7 heteroatoms. The van der Waals surface area contributed by atoms with Crippen LogP contribution in [0.5, 0.6) is 5.75 Å². The summed E-state index contributed by atoms with van der Waals surface area (Å²) >= 11 is 5.87. The largest absolute Gasteiger partial charge is 0.433 e. The van der Waals surface area contributed by atoms with Crippen LogP contribution < -0.4 is 15.8 Å². The Morgan fingerprint density at radius 3 is 2.68 bits per heavy atom. The van der Waals surface area contributed by atoms with E-state index in [0.29, 0.717) is 17.5 Å². The Labute approximate surface area is 132 Å². The van der Waals surface area contributed by atoms with Gasteiger partial charge in [-0.25, -0.2) is 0 Å². The van der Waals surface area contributed by atoms with Crippen LogP contribution in [0.1, 0.15) is 19.3 Å². The highest BCUT2D eigenvalue weighted by Crippen LogP contribution is 2.48. The topological polar surface area (TPSA) is 64.4 Å². The number of rotatable bonds is 4. The Balaban J connectivity index is 1.68. The smallest absolute Gasteiger partial charge is 0.387 e. The highest BCUT2D eigenvalue weighted by Gasteiger charge is 2.49. The minimum atomic E-state index is -2.94. The Hall–Kier alpha value is -1.40. The summed E-state index contributed by atoms with van der Waals surface area (Å²) in [5, 5.41) is 2.80.